The average molecular weight is 222 g/mol. The van der Waals surface area contributed by atoms with Gasteiger partial charge in [-0.3, -0.25) is 0 Å². The molecule has 14 heavy (non-hydrogen) atoms. The molecule has 0 aliphatic rings. The smallest absolute Gasteiger partial charge is 0.219 e. The van der Waals surface area contributed by atoms with Crippen LogP contribution >= 0.6 is 23.6 Å². The van der Waals surface area contributed by atoms with E-state index in [2.05, 4.69) is 27.4 Å². The molecule has 1 aromatic heterocycles. The molecule has 0 bridgehead atoms. The molecule has 70 valence electrons. The minimum absolute atomic E-state index is 0.611. The Balaban J connectivity index is 2.69. The van der Waals surface area contributed by atoms with Gasteiger partial charge in [0.05, 0.1) is 17.0 Å². The summed E-state index contributed by atoms with van der Waals surface area (Å²) in [5.41, 5.74) is 0.823. The highest BCUT2D eigenvalue weighted by Gasteiger charge is 2.06. The lowest BCUT2D eigenvalue weighted by atomic mass is 10.3. The van der Waals surface area contributed by atoms with Crippen molar-refractivity contribution in [2.24, 2.45) is 4.99 Å². The molecule has 0 aliphatic carbocycles. The summed E-state index contributed by atoms with van der Waals surface area (Å²) < 4.78 is 6.21. The van der Waals surface area contributed by atoms with Crippen LogP contribution < -0.4 is 4.74 Å². The number of nitrogens with zero attached hydrogens (tertiary/aromatic N) is 2. The van der Waals surface area contributed by atoms with Crippen LogP contribution in [0.2, 0.25) is 0 Å². The van der Waals surface area contributed by atoms with Crippen molar-refractivity contribution in [3.8, 4) is 5.75 Å². The van der Waals surface area contributed by atoms with Gasteiger partial charge in [-0.25, -0.2) is 4.98 Å². The molecule has 0 unspecified atom stereocenters. The molecule has 0 atom stereocenters. The van der Waals surface area contributed by atoms with Crippen LogP contribution in [0.5, 0.6) is 5.75 Å². The molecule has 0 saturated carbocycles. The standard InChI is InChI=1S/C9H6N2OS2/c1-12-6-3-2-4-7-8(6)11-9(14-7)10-5-13/h2-4H,1H3. The molecular formula is C9H6N2OS2. The van der Waals surface area contributed by atoms with E-state index in [1.54, 1.807) is 7.11 Å². The number of benzene rings is 1. The van der Waals surface area contributed by atoms with E-state index in [4.69, 9.17) is 4.74 Å². The Bertz CT molecular complexity index is 515. The van der Waals surface area contributed by atoms with Gasteiger partial charge in [-0.15, -0.1) is 0 Å². The predicted molar refractivity (Wildman–Crippen MR) is 60.9 cm³/mol. The normalized spacial score (nSPS) is 9.79. The quantitative estimate of drug-likeness (QED) is 0.578. The highest BCUT2D eigenvalue weighted by molar-refractivity contribution is 7.78. The van der Waals surface area contributed by atoms with Gasteiger partial charge in [0.15, 0.2) is 0 Å². The first-order valence-corrected chi connectivity index (χ1v) is 5.09. The summed E-state index contributed by atoms with van der Waals surface area (Å²) >= 11 is 5.98. The lowest BCUT2D eigenvalue weighted by molar-refractivity contribution is 0.419. The van der Waals surface area contributed by atoms with Gasteiger partial charge in [0.2, 0.25) is 5.13 Å². The van der Waals surface area contributed by atoms with Crippen LogP contribution in [0.3, 0.4) is 0 Å². The fourth-order valence-electron chi connectivity index (χ4n) is 1.16. The van der Waals surface area contributed by atoms with E-state index in [1.807, 2.05) is 18.2 Å². The first kappa shape index (κ1) is 9.27. The van der Waals surface area contributed by atoms with Gasteiger partial charge < -0.3 is 4.74 Å². The lowest BCUT2D eigenvalue weighted by Crippen LogP contribution is -1.82. The molecule has 0 fully saturated rings. The summed E-state index contributed by atoms with van der Waals surface area (Å²) in [5, 5.41) is 2.91. The summed E-state index contributed by atoms with van der Waals surface area (Å²) in [7, 11) is 1.62. The second kappa shape index (κ2) is 3.84. The number of fused-ring (bicyclic) bond motifs is 1. The molecule has 0 saturated heterocycles. The zero-order valence-corrected chi connectivity index (χ0v) is 8.98. The third kappa shape index (κ3) is 1.53. The number of hydrogen-bond acceptors (Lipinski definition) is 5. The van der Waals surface area contributed by atoms with Gasteiger partial charge >= 0.3 is 0 Å². The van der Waals surface area contributed by atoms with Crippen LogP contribution in [-0.4, -0.2) is 17.3 Å². The maximum absolute atomic E-state index is 5.17. The fraction of sp³-hybridized carbons (Fsp3) is 0.111. The molecule has 3 nitrogen and oxygen atoms in total. The molecule has 0 radical (unpaired) electrons. The van der Waals surface area contributed by atoms with Gasteiger partial charge in [0, 0.05) is 0 Å². The van der Waals surface area contributed by atoms with Gasteiger partial charge in [0.25, 0.3) is 0 Å². The van der Waals surface area contributed by atoms with E-state index >= 15 is 0 Å². The summed E-state index contributed by atoms with van der Waals surface area (Å²) in [6.45, 7) is 0. The number of aliphatic imine (C=N–C) groups is 1. The van der Waals surface area contributed by atoms with Crippen LogP contribution in [0.15, 0.2) is 23.2 Å². The van der Waals surface area contributed by atoms with Crippen LogP contribution in [-0.2, 0) is 0 Å². The van der Waals surface area contributed by atoms with Crippen LogP contribution in [0.25, 0.3) is 10.2 Å². The number of aromatic nitrogens is 1. The van der Waals surface area contributed by atoms with Crippen molar-refractivity contribution in [1.29, 1.82) is 0 Å². The van der Waals surface area contributed by atoms with E-state index in [0.29, 0.717) is 5.13 Å². The maximum atomic E-state index is 5.17. The molecular weight excluding hydrogens is 216 g/mol. The number of ether oxygens (including phenoxy) is 1. The molecule has 2 aromatic rings. The third-order valence-corrected chi connectivity index (χ3v) is 2.74. The number of rotatable bonds is 2. The Kier molecular flexibility index (Phi) is 2.54. The summed E-state index contributed by atoms with van der Waals surface area (Å²) in [6, 6.07) is 5.76. The molecule has 1 aromatic carbocycles. The first-order chi connectivity index (χ1) is 6.85. The number of isothiocyanates is 1. The number of thiocarbonyl (C=S) groups is 1. The number of thiazole rings is 1. The molecule has 0 spiro atoms. The Morgan fingerprint density at radius 3 is 3.14 bits per heavy atom. The fourth-order valence-corrected chi connectivity index (χ4v) is 2.12. The largest absolute Gasteiger partial charge is 0.494 e. The number of methoxy groups -OCH3 is 1. The Hall–Kier alpha value is -1.29. The summed E-state index contributed by atoms with van der Waals surface area (Å²) in [5.74, 6) is 0.754. The van der Waals surface area contributed by atoms with Crippen LogP contribution in [0, 0.1) is 0 Å². The Morgan fingerprint density at radius 1 is 1.57 bits per heavy atom. The van der Waals surface area contributed by atoms with E-state index in [9.17, 15) is 0 Å². The Morgan fingerprint density at radius 2 is 2.43 bits per heavy atom. The zero-order valence-electron chi connectivity index (χ0n) is 7.35. The number of hydrogen-bond donors (Lipinski definition) is 0. The molecule has 2 rings (SSSR count). The molecule has 0 N–H and O–H groups in total. The van der Waals surface area contributed by atoms with Gasteiger partial charge in [0.1, 0.15) is 11.3 Å². The molecule has 5 heteroatoms. The van der Waals surface area contributed by atoms with Gasteiger partial charge in [-0.05, 0) is 24.4 Å². The van der Waals surface area contributed by atoms with E-state index in [0.717, 1.165) is 16.0 Å². The van der Waals surface area contributed by atoms with Crippen molar-refractivity contribution in [2.75, 3.05) is 7.11 Å². The van der Waals surface area contributed by atoms with Crippen molar-refractivity contribution >= 4 is 44.1 Å². The van der Waals surface area contributed by atoms with Gasteiger partial charge in [-0.2, -0.15) is 4.99 Å². The monoisotopic (exact) mass is 222 g/mol. The van der Waals surface area contributed by atoms with Crippen molar-refractivity contribution in [3.05, 3.63) is 18.2 Å². The van der Waals surface area contributed by atoms with Crippen LogP contribution in [0.4, 0.5) is 5.13 Å². The zero-order chi connectivity index (χ0) is 9.97. The van der Waals surface area contributed by atoms with E-state index in [1.165, 1.54) is 11.3 Å². The van der Waals surface area contributed by atoms with E-state index in [-0.39, 0.29) is 0 Å². The second-order valence-corrected chi connectivity index (χ2v) is 3.70. The molecule has 1 heterocycles. The first-order valence-electron chi connectivity index (χ1n) is 3.86. The van der Waals surface area contributed by atoms with E-state index < -0.39 is 0 Å². The van der Waals surface area contributed by atoms with Crippen molar-refractivity contribution < 1.29 is 4.74 Å². The average Bonchev–Trinajstić information content (AvgIpc) is 2.60. The summed E-state index contributed by atoms with van der Waals surface area (Å²) in [4.78, 5) is 8.11. The molecule has 0 amide bonds. The SMILES string of the molecule is COc1cccc2sc(N=C=S)nc12. The van der Waals surface area contributed by atoms with Crippen molar-refractivity contribution in [1.82, 2.24) is 4.98 Å². The highest BCUT2D eigenvalue weighted by atomic mass is 32.1. The van der Waals surface area contributed by atoms with Gasteiger partial charge in [-0.1, -0.05) is 17.4 Å². The number of para-hydroxylation sites is 1. The Labute approximate surface area is 90.1 Å². The minimum Gasteiger partial charge on any atom is -0.494 e. The highest BCUT2D eigenvalue weighted by Crippen LogP contribution is 2.33. The minimum atomic E-state index is 0.611. The predicted octanol–water partition coefficient (Wildman–Crippen LogP) is 3.04. The summed E-state index contributed by atoms with van der Waals surface area (Å²) in [6.07, 6.45) is 0. The third-order valence-electron chi connectivity index (χ3n) is 1.73. The van der Waals surface area contributed by atoms with Crippen LogP contribution in [0.1, 0.15) is 0 Å². The lowest BCUT2D eigenvalue weighted by Gasteiger charge is -1.97. The van der Waals surface area contributed by atoms with Crippen molar-refractivity contribution in [3.63, 3.8) is 0 Å². The topological polar surface area (TPSA) is 34.5 Å². The molecule has 0 aliphatic heterocycles. The maximum Gasteiger partial charge on any atom is 0.219 e. The second-order valence-electron chi connectivity index (χ2n) is 2.51. The van der Waals surface area contributed by atoms with Crippen molar-refractivity contribution in [2.45, 2.75) is 0 Å².